The Kier molecular flexibility index (Phi) is 2.01. The number of rotatable bonds is 0. The van der Waals surface area contributed by atoms with Crippen molar-refractivity contribution in [3.8, 4) is 17.2 Å². The number of nitrogens with zero attached hydrogens (tertiary/aromatic N) is 1. The maximum atomic E-state index is 9.33. The quantitative estimate of drug-likeness (QED) is 0.450. The van der Waals surface area contributed by atoms with Gasteiger partial charge in [0.2, 0.25) is 0 Å². The Morgan fingerprint density at radius 1 is 0.842 bits per heavy atom. The topological polar surface area (TPSA) is 23.8 Å². The molecule has 0 aliphatic heterocycles. The van der Waals surface area contributed by atoms with E-state index in [2.05, 4.69) is 48.5 Å². The standard InChI is InChI=1S/C18H11N/c19-11-14-6-3-5-12-8-9-16-15-7-2-1-4-13(15)10-17(16)18(12)14/h1-9H,10H2. The zero-order valence-corrected chi connectivity index (χ0v) is 10.4. The highest BCUT2D eigenvalue weighted by Gasteiger charge is 2.20. The molecular weight excluding hydrogens is 230 g/mol. The Labute approximate surface area is 111 Å². The van der Waals surface area contributed by atoms with Gasteiger partial charge in [0.15, 0.2) is 0 Å². The van der Waals surface area contributed by atoms with E-state index in [1.807, 2.05) is 12.1 Å². The molecule has 0 fully saturated rings. The summed E-state index contributed by atoms with van der Waals surface area (Å²) in [6.07, 6.45) is 0.932. The molecule has 0 amide bonds. The van der Waals surface area contributed by atoms with Crippen LogP contribution in [0.25, 0.3) is 21.9 Å². The number of fused-ring (bicyclic) bond motifs is 5. The molecule has 1 aliphatic carbocycles. The third-order valence-electron chi connectivity index (χ3n) is 3.95. The minimum Gasteiger partial charge on any atom is -0.192 e. The second-order valence-electron chi connectivity index (χ2n) is 4.94. The van der Waals surface area contributed by atoms with E-state index in [-0.39, 0.29) is 0 Å². The lowest BCUT2D eigenvalue weighted by Gasteiger charge is -2.07. The normalized spacial score (nSPS) is 11.9. The van der Waals surface area contributed by atoms with E-state index in [0.29, 0.717) is 0 Å². The van der Waals surface area contributed by atoms with Crippen LogP contribution in [-0.2, 0) is 6.42 Å². The first-order valence-electron chi connectivity index (χ1n) is 6.41. The Balaban J connectivity index is 2.14. The molecule has 0 aromatic heterocycles. The summed E-state index contributed by atoms with van der Waals surface area (Å²) in [5.74, 6) is 0. The molecule has 1 nitrogen and oxygen atoms in total. The third-order valence-corrected chi connectivity index (χ3v) is 3.95. The van der Waals surface area contributed by atoms with Gasteiger partial charge in [0.05, 0.1) is 11.6 Å². The van der Waals surface area contributed by atoms with E-state index in [1.54, 1.807) is 0 Å². The lowest BCUT2D eigenvalue weighted by atomic mass is 9.96. The molecule has 1 aliphatic rings. The van der Waals surface area contributed by atoms with Gasteiger partial charge in [-0.05, 0) is 40.1 Å². The van der Waals surface area contributed by atoms with Gasteiger partial charge >= 0.3 is 0 Å². The first-order valence-corrected chi connectivity index (χ1v) is 6.41. The van der Waals surface area contributed by atoms with Crippen LogP contribution in [0.3, 0.4) is 0 Å². The maximum Gasteiger partial charge on any atom is 0.0998 e. The molecule has 0 bridgehead atoms. The Bertz CT molecular complexity index is 853. The highest BCUT2D eigenvalue weighted by atomic mass is 14.3. The van der Waals surface area contributed by atoms with Crippen LogP contribution in [0.2, 0.25) is 0 Å². The van der Waals surface area contributed by atoms with E-state index in [0.717, 1.165) is 22.8 Å². The predicted molar refractivity (Wildman–Crippen MR) is 76.9 cm³/mol. The van der Waals surface area contributed by atoms with E-state index in [1.165, 1.54) is 22.3 Å². The van der Waals surface area contributed by atoms with Crippen molar-refractivity contribution in [1.29, 1.82) is 5.26 Å². The molecule has 0 saturated carbocycles. The molecule has 3 aromatic carbocycles. The zero-order valence-electron chi connectivity index (χ0n) is 10.4. The smallest absolute Gasteiger partial charge is 0.0998 e. The summed E-state index contributed by atoms with van der Waals surface area (Å²) in [5.41, 5.74) is 6.04. The molecule has 4 rings (SSSR count). The van der Waals surface area contributed by atoms with Crippen LogP contribution in [0, 0.1) is 11.3 Å². The predicted octanol–water partition coefficient (Wildman–Crippen LogP) is 4.28. The van der Waals surface area contributed by atoms with E-state index in [4.69, 9.17) is 0 Å². The summed E-state index contributed by atoms with van der Waals surface area (Å²) in [6, 6.07) is 21.1. The SMILES string of the molecule is N#Cc1cccc2ccc3c(c12)Cc1ccccc1-3. The maximum absolute atomic E-state index is 9.33. The lowest BCUT2D eigenvalue weighted by Crippen LogP contribution is -1.88. The fraction of sp³-hybridized carbons (Fsp3) is 0.0556. The third kappa shape index (κ3) is 1.34. The number of hydrogen-bond donors (Lipinski definition) is 0. The van der Waals surface area contributed by atoms with Crippen molar-refractivity contribution in [2.24, 2.45) is 0 Å². The van der Waals surface area contributed by atoms with Crippen LogP contribution in [0.1, 0.15) is 16.7 Å². The molecule has 0 radical (unpaired) electrons. The first kappa shape index (κ1) is 10.3. The average molecular weight is 241 g/mol. The minimum absolute atomic E-state index is 0.780. The molecule has 88 valence electrons. The minimum atomic E-state index is 0.780. The van der Waals surface area contributed by atoms with Crippen molar-refractivity contribution >= 4 is 10.8 Å². The van der Waals surface area contributed by atoms with Crippen LogP contribution < -0.4 is 0 Å². The van der Waals surface area contributed by atoms with E-state index >= 15 is 0 Å². The molecule has 0 heterocycles. The Morgan fingerprint density at radius 3 is 2.63 bits per heavy atom. The molecule has 0 saturated heterocycles. The number of benzene rings is 3. The van der Waals surface area contributed by atoms with E-state index < -0.39 is 0 Å². The molecule has 1 heteroatoms. The lowest BCUT2D eigenvalue weighted by molar-refractivity contribution is 1.28. The summed E-state index contributed by atoms with van der Waals surface area (Å²) in [7, 11) is 0. The van der Waals surface area contributed by atoms with E-state index in [9.17, 15) is 5.26 Å². The van der Waals surface area contributed by atoms with Gasteiger partial charge < -0.3 is 0 Å². The Morgan fingerprint density at radius 2 is 1.74 bits per heavy atom. The van der Waals surface area contributed by atoms with Crippen molar-refractivity contribution in [1.82, 2.24) is 0 Å². The molecule has 0 atom stereocenters. The van der Waals surface area contributed by atoms with Gasteiger partial charge in [0.25, 0.3) is 0 Å². The van der Waals surface area contributed by atoms with Gasteiger partial charge in [-0.3, -0.25) is 0 Å². The van der Waals surface area contributed by atoms with Crippen molar-refractivity contribution in [2.45, 2.75) is 6.42 Å². The fourth-order valence-corrected chi connectivity index (χ4v) is 3.11. The average Bonchev–Trinajstić information content (AvgIpc) is 2.85. The van der Waals surface area contributed by atoms with Crippen molar-refractivity contribution in [2.75, 3.05) is 0 Å². The molecule has 0 spiro atoms. The highest BCUT2D eigenvalue weighted by Crippen LogP contribution is 2.41. The number of hydrogen-bond acceptors (Lipinski definition) is 1. The zero-order chi connectivity index (χ0) is 12.8. The van der Waals surface area contributed by atoms with Crippen molar-refractivity contribution in [3.63, 3.8) is 0 Å². The summed E-state index contributed by atoms with van der Waals surface area (Å²) >= 11 is 0. The summed E-state index contributed by atoms with van der Waals surface area (Å²) in [6.45, 7) is 0. The van der Waals surface area contributed by atoms with Gasteiger partial charge in [-0.15, -0.1) is 0 Å². The fourth-order valence-electron chi connectivity index (χ4n) is 3.11. The van der Waals surface area contributed by atoms with Crippen LogP contribution in [0.5, 0.6) is 0 Å². The molecule has 0 unspecified atom stereocenters. The monoisotopic (exact) mass is 241 g/mol. The molecular formula is C18H11N. The molecule has 0 N–H and O–H groups in total. The largest absolute Gasteiger partial charge is 0.192 e. The Hall–Kier alpha value is -2.59. The molecule has 3 aromatic rings. The van der Waals surface area contributed by atoms with Gasteiger partial charge in [0, 0.05) is 5.39 Å². The second kappa shape index (κ2) is 3.70. The first-order chi connectivity index (χ1) is 9.38. The van der Waals surface area contributed by atoms with Crippen LogP contribution in [0.15, 0.2) is 54.6 Å². The molecule has 19 heavy (non-hydrogen) atoms. The summed E-state index contributed by atoms with van der Waals surface area (Å²) < 4.78 is 0. The highest BCUT2D eigenvalue weighted by molar-refractivity contribution is 5.98. The second-order valence-corrected chi connectivity index (χ2v) is 4.94. The van der Waals surface area contributed by atoms with Gasteiger partial charge in [-0.2, -0.15) is 5.26 Å². The summed E-state index contributed by atoms with van der Waals surface area (Å²) in [4.78, 5) is 0. The van der Waals surface area contributed by atoms with Crippen LogP contribution >= 0.6 is 0 Å². The van der Waals surface area contributed by atoms with Crippen molar-refractivity contribution < 1.29 is 0 Å². The summed E-state index contributed by atoms with van der Waals surface area (Å²) in [5, 5.41) is 11.6. The van der Waals surface area contributed by atoms with Gasteiger partial charge in [0.1, 0.15) is 0 Å². The number of nitriles is 1. The van der Waals surface area contributed by atoms with Gasteiger partial charge in [-0.1, -0.05) is 48.5 Å². The van der Waals surface area contributed by atoms with Gasteiger partial charge in [-0.25, -0.2) is 0 Å². The van der Waals surface area contributed by atoms with Crippen LogP contribution in [0.4, 0.5) is 0 Å². The van der Waals surface area contributed by atoms with Crippen LogP contribution in [-0.4, -0.2) is 0 Å². The van der Waals surface area contributed by atoms with Crippen molar-refractivity contribution in [3.05, 3.63) is 71.3 Å².